The summed E-state index contributed by atoms with van der Waals surface area (Å²) in [5.74, 6) is 0.639. The van der Waals surface area contributed by atoms with Gasteiger partial charge in [0.05, 0.1) is 16.6 Å². The van der Waals surface area contributed by atoms with E-state index < -0.39 is 0 Å². The van der Waals surface area contributed by atoms with Crippen LogP contribution < -0.4 is 5.56 Å². The molecular formula is C21H15BrN2O. The van der Waals surface area contributed by atoms with Crippen LogP contribution in [0.15, 0.2) is 82.1 Å². The molecule has 0 aliphatic heterocycles. The fraction of sp³-hybridized carbons (Fsp3) is 0.0476. The molecule has 0 atom stereocenters. The van der Waals surface area contributed by atoms with Crippen molar-refractivity contribution in [2.45, 2.75) is 6.92 Å². The van der Waals surface area contributed by atoms with Gasteiger partial charge in [0.25, 0.3) is 5.56 Å². The Morgan fingerprint density at radius 1 is 0.880 bits per heavy atom. The minimum Gasteiger partial charge on any atom is -0.268 e. The second-order valence-electron chi connectivity index (χ2n) is 5.94. The minimum absolute atomic E-state index is 0.0626. The van der Waals surface area contributed by atoms with Crippen LogP contribution in [-0.2, 0) is 0 Å². The third-order valence-corrected chi connectivity index (χ3v) is 4.70. The Morgan fingerprint density at radius 2 is 1.56 bits per heavy atom. The third-order valence-electron chi connectivity index (χ3n) is 4.17. The van der Waals surface area contributed by atoms with Gasteiger partial charge in [0.15, 0.2) is 0 Å². The number of aromatic nitrogens is 2. The van der Waals surface area contributed by atoms with E-state index in [1.54, 1.807) is 4.57 Å². The van der Waals surface area contributed by atoms with Crippen LogP contribution >= 0.6 is 15.9 Å². The molecular weight excluding hydrogens is 376 g/mol. The molecule has 0 saturated carbocycles. The van der Waals surface area contributed by atoms with Gasteiger partial charge in [-0.05, 0) is 43.3 Å². The number of benzene rings is 3. The zero-order valence-electron chi connectivity index (χ0n) is 13.6. The second kappa shape index (κ2) is 6.30. The molecule has 0 unspecified atom stereocenters. The highest BCUT2D eigenvalue weighted by molar-refractivity contribution is 9.10. The Balaban J connectivity index is 2.09. The Kier molecular flexibility index (Phi) is 3.98. The van der Waals surface area contributed by atoms with Gasteiger partial charge in [-0.2, -0.15) is 0 Å². The van der Waals surface area contributed by atoms with Crippen LogP contribution in [0.5, 0.6) is 0 Å². The number of hydrogen-bond donors (Lipinski definition) is 0. The second-order valence-corrected chi connectivity index (χ2v) is 6.85. The molecule has 0 aliphatic rings. The lowest BCUT2D eigenvalue weighted by Crippen LogP contribution is -2.21. The predicted octanol–water partition coefficient (Wildman–Crippen LogP) is 5.12. The monoisotopic (exact) mass is 390 g/mol. The molecule has 122 valence electrons. The standard InChI is InChI=1S/C21H15BrN2O/c1-14-6-12-17(13-7-14)24-20(15-8-10-16(22)11-9-15)23-19-5-3-2-4-18(19)21(24)25/h2-13H,1H3. The molecule has 4 heteroatoms. The van der Waals surface area contributed by atoms with Crippen LogP contribution in [0.3, 0.4) is 0 Å². The van der Waals surface area contributed by atoms with E-state index in [0.29, 0.717) is 16.7 Å². The molecule has 3 nitrogen and oxygen atoms in total. The van der Waals surface area contributed by atoms with Crippen molar-refractivity contribution in [1.29, 1.82) is 0 Å². The van der Waals surface area contributed by atoms with E-state index in [1.165, 1.54) is 0 Å². The Morgan fingerprint density at radius 3 is 2.28 bits per heavy atom. The van der Waals surface area contributed by atoms with Crippen molar-refractivity contribution in [3.8, 4) is 17.1 Å². The zero-order chi connectivity index (χ0) is 17.4. The van der Waals surface area contributed by atoms with Gasteiger partial charge in [0.1, 0.15) is 5.82 Å². The molecule has 0 N–H and O–H groups in total. The molecule has 0 amide bonds. The van der Waals surface area contributed by atoms with Gasteiger partial charge in [-0.15, -0.1) is 0 Å². The molecule has 0 aliphatic carbocycles. The van der Waals surface area contributed by atoms with Gasteiger partial charge in [-0.1, -0.05) is 57.9 Å². The molecule has 4 rings (SSSR count). The quantitative estimate of drug-likeness (QED) is 0.475. The van der Waals surface area contributed by atoms with E-state index in [-0.39, 0.29) is 5.56 Å². The summed E-state index contributed by atoms with van der Waals surface area (Å²) in [6.07, 6.45) is 0. The first-order chi connectivity index (χ1) is 12.1. The first kappa shape index (κ1) is 15.8. The third kappa shape index (κ3) is 2.89. The number of fused-ring (bicyclic) bond motifs is 1. The Hall–Kier alpha value is -2.72. The minimum atomic E-state index is -0.0626. The van der Waals surface area contributed by atoms with Gasteiger partial charge in [-0.25, -0.2) is 4.98 Å². The predicted molar refractivity (Wildman–Crippen MR) is 105 cm³/mol. The topological polar surface area (TPSA) is 34.9 Å². The molecule has 1 aromatic heterocycles. The molecule has 1 heterocycles. The van der Waals surface area contributed by atoms with E-state index in [0.717, 1.165) is 21.3 Å². The zero-order valence-corrected chi connectivity index (χ0v) is 15.2. The molecule has 4 aromatic rings. The maximum atomic E-state index is 13.2. The smallest absolute Gasteiger partial charge is 0.266 e. The fourth-order valence-electron chi connectivity index (χ4n) is 2.86. The largest absolute Gasteiger partial charge is 0.268 e. The lowest BCUT2D eigenvalue weighted by atomic mass is 10.1. The van der Waals surface area contributed by atoms with Crippen molar-refractivity contribution < 1.29 is 0 Å². The Bertz CT molecular complexity index is 1110. The fourth-order valence-corrected chi connectivity index (χ4v) is 3.12. The number of rotatable bonds is 2. The average molecular weight is 391 g/mol. The summed E-state index contributed by atoms with van der Waals surface area (Å²) < 4.78 is 2.67. The van der Waals surface area contributed by atoms with Gasteiger partial charge in [0.2, 0.25) is 0 Å². The highest BCUT2D eigenvalue weighted by Gasteiger charge is 2.14. The van der Waals surface area contributed by atoms with Crippen molar-refractivity contribution in [2.24, 2.45) is 0 Å². The lowest BCUT2D eigenvalue weighted by Gasteiger charge is -2.14. The first-order valence-corrected chi connectivity index (χ1v) is 8.77. The molecule has 0 fully saturated rings. The number of aryl methyl sites for hydroxylation is 1. The van der Waals surface area contributed by atoms with Crippen LogP contribution in [0, 0.1) is 6.92 Å². The molecule has 0 radical (unpaired) electrons. The molecule has 25 heavy (non-hydrogen) atoms. The highest BCUT2D eigenvalue weighted by Crippen LogP contribution is 2.24. The lowest BCUT2D eigenvalue weighted by molar-refractivity contribution is 0.975. The van der Waals surface area contributed by atoms with E-state index >= 15 is 0 Å². The maximum absolute atomic E-state index is 13.2. The van der Waals surface area contributed by atoms with E-state index in [2.05, 4.69) is 15.9 Å². The van der Waals surface area contributed by atoms with Crippen LogP contribution in [0.4, 0.5) is 0 Å². The van der Waals surface area contributed by atoms with Crippen LogP contribution in [0.1, 0.15) is 5.56 Å². The van der Waals surface area contributed by atoms with Crippen molar-refractivity contribution in [2.75, 3.05) is 0 Å². The summed E-state index contributed by atoms with van der Waals surface area (Å²) in [4.78, 5) is 18.0. The average Bonchev–Trinajstić information content (AvgIpc) is 2.63. The van der Waals surface area contributed by atoms with Crippen LogP contribution in [0.25, 0.3) is 28.0 Å². The van der Waals surface area contributed by atoms with Crippen molar-refractivity contribution in [3.05, 3.63) is 93.2 Å². The molecule has 0 spiro atoms. The van der Waals surface area contributed by atoms with Gasteiger partial charge in [-0.3, -0.25) is 9.36 Å². The molecule has 3 aromatic carbocycles. The summed E-state index contributed by atoms with van der Waals surface area (Å²) in [6.45, 7) is 2.03. The number of para-hydroxylation sites is 1. The van der Waals surface area contributed by atoms with E-state index in [4.69, 9.17) is 4.98 Å². The first-order valence-electron chi connectivity index (χ1n) is 7.98. The number of nitrogens with zero attached hydrogens (tertiary/aromatic N) is 2. The summed E-state index contributed by atoms with van der Waals surface area (Å²) in [5, 5.41) is 0.615. The van der Waals surface area contributed by atoms with E-state index in [9.17, 15) is 4.79 Å². The summed E-state index contributed by atoms with van der Waals surface area (Å²) >= 11 is 3.45. The normalized spacial score (nSPS) is 11.0. The number of hydrogen-bond acceptors (Lipinski definition) is 2. The van der Waals surface area contributed by atoms with E-state index in [1.807, 2.05) is 79.7 Å². The highest BCUT2D eigenvalue weighted by atomic mass is 79.9. The molecule has 0 saturated heterocycles. The van der Waals surface area contributed by atoms with Crippen molar-refractivity contribution in [1.82, 2.24) is 9.55 Å². The van der Waals surface area contributed by atoms with Crippen molar-refractivity contribution in [3.63, 3.8) is 0 Å². The number of halogens is 1. The van der Waals surface area contributed by atoms with Crippen LogP contribution in [-0.4, -0.2) is 9.55 Å². The van der Waals surface area contributed by atoms with Gasteiger partial charge >= 0.3 is 0 Å². The van der Waals surface area contributed by atoms with Crippen LogP contribution in [0.2, 0.25) is 0 Å². The summed E-state index contributed by atoms with van der Waals surface area (Å²) in [7, 11) is 0. The van der Waals surface area contributed by atoms with Gasteiger partial charge in [0, 0.05) is 10.0 Å². The Labute approximate surface area is 153 Å². The SMILES string of the molecule is Cc1ccc(-n2c(-c3ccc(Br)cc3)nc3ccccc3c2=O)cc1. The van der Waals surface area contributed by atoms with Gasteiger partial charge < -0.3 is 0 Å². The molecule has 0 bridgehead atoms. The maximum Gasteiger partial charge on any atom is 0.266 e. The van der Waals surface area contributed by atoms with Crippen molar-refractivity contribution >= 4 is 26.8 Å². The summed E-state index contributed by atoms with van der Waals surface area (Å²) in [6, 6.07) is 23.2. The summed E-state index contributed by atoms with van der Waals surface area (Å²) in [5.41, 5.74) is 3.50.